The van der Waals surface area contributed by atoms with Gasteiger partial charge in [-0.2, -0.15) is 0 Å². The Labute approximate surface area is 198 Å². The molecule has 0 radical (unpaired) electrons. The Hall–Kier alpha value is -2.34. The van der Waals surface area contributed by atoms with Crippen molar-refractivity contribution in [2.24, 2.45) is 0 Å². The zero-order valence-electron chi connectivity index (χ0n) is 18.8. The average molecular weight is 472 g/mol. The maximum Gasteiger partial charge on any atom is 0.253 e. The van der Waals surface area contributed by atoms with Crippen LogP contribution >= 0.6 is 23.2 Å². The van der Waals surface area contributed by atoms with Gasteiger partial charge in [-0.15, -0.1) is 0 Å². The van der Waals surface area contributed by atoms with Crippen molar-refractivity contribution in [3.63, 3.8) is 0 Å². The molecule has 0 spiro atoms. The molecule has 32 heavy (non-hydrogen) atoms. The summed E-state index contributed by atoms with van der Waals surface area (Å²) in [6, 6.07) is 9.89. The van der Waals surface area contributed by atoms with E-state index in [2.05, 4.69) is 30.3 Å². The second-order valence-corrected chi connectivity index (χ2v) is 9.55. The van der Waals surface area contributed by atoms with E-state index in [4.69, 9.17) is 23.2 Å². The molecular formula is C25H27Cl2N3O2. The molecule has 4 rings (SSSR count). The predicted octanol–water partition coefficient (Wildman–Crippen LogP) is 5.06. The molecular weight excluding hydrogens is 445 g/mol. The number of likely N-dealkylation sites (N-methyl/N-ethyl adjacent to an activating group) is 1. The number of nitrogens with one attached hydrogen (secondary N) is 1. The second kappa shape index (κ2) is 8.89. The minimum Gasteiger partial charge on any atom is -0.370 e. The number of fused-ring (bicyclic) bond motifs is 1. The van der Waals surface area contributed by atoms with Gasteiger partial charge in [-0.3, -0.25) is 9.59 Å². The van der Waals surface area contributed by atoms with Crippen LogP contribution in [-0.2, 0) is 6.54 Å². The van der Waals surface area contributed by atoms with Crippen LogP contribution < -0.4 is 21.1 Å². The van der Waals surface area contributed by atoms with Crippen molar-refractivity contribution in [3.8, 4) is 0 Å². The largest absolute Gasteiger partial charge is 0.370 e. The van der Waals surface area contributed by atoms with Crippen LogP contribution in [0.2, 0.25) is 10.0 Å². The summed E-state index contributed by atoms with van der Waals surface area (Å²) in [7, 11) is 3.93. The Morgan fingerprint density at radius 3 is 2.56 bits per heavy atom. The highest BCUT2D eigenvalue weighted by atomic mass is 35.5. The quantitative estimate of drug-likeness (QED) is 0.508. The Balaban J connectivity index is 1.66. The van der Waals surface area contributed by atoms with E-state index in [9.17, 15) is 9.59 Å². The molecule has 1 N–H and O–H groups in total. The molecule has 5 nitrogen and oxygen atoms in total. The molecule has 3 aromatic rings. The molecule has 0 amide bonds. The molecule has 0 aromatic heterocycles. The van der Waals surface area contributed by atoms with Gasteiger partial charge in [-0.1, -0.05) is 36.2 Å². The fourth-order valence-electron chi connectivity index (χ4n) is 4.71. The SMILES string of the molecule is CCCN(C)c1c(Nc2ccc(C3CN(C)Cc4c(Cl)cc(Cl)cc43)c(C)c2)c(=O)c1=O. The summed E-state index contributed by atoms with van der Waals surface area (Å²) in [6.07, 6.45) is 0.897. The van der Waals surface area contributed by atoms with E-state index in [0.717, 1.165) is 48.4 Å². The van der Waals surface area contributed by atoms with E-state index < -0.39 is 10.9 Å². The lowest BCUT2D eigenvalue weighted by molar-refractivity contribution is 0.295. The summed E-state index contributed by atoms with van der Waals surface area (Å²) in [5.74, 6) is 0.145. The first-order valence-electron chi connectivity index (χ1n) is 10.8. The van der Waals surface area contributed by atoms with Crippen LogP contribution in [0, 0.1) is 6.92 Å². The molecule has 0 fully saturated rings. The molecule has 1 atom stereocenters. The Kier molecular flexibility index (Phi) is 6.35. The van der Waals surface area contributed by atoms with Crippen molar-refractivity contribution in [3.05, 3.63) is 83.1 Å². The molecule has 0 aliphatic carbocycles. The molecule has 168 valence electrons. The van der Waals surface area contributed by atoms with E-state index >= 15 is 0 Å². The number of nitrogens with zero attached hydrogens (tertiary/aromatic N) is 2. The smallest absolute Gasteiger partial charge is 0.253 e. The van der Waals surface area contributed by atoms with Crippen molar-refractivity contribution < 1.29 is 0 Å². The van der Waals surface area contributed by atoms with Crippen LogP contribution in [0.3, 0.4) is 0 Å². The van der Waals surface area contributed by atoms with Gasteiger partial charge in [-0.05, 0) is 66.9 Å². The second-order valence-electron chi connectivity index (χ2n) is 8.70. The van der Waals surface area contributed by atoms with Gasteiger partial charge in [-0.25, -0.2) is 0 Å². The van der Waals surface area contributed by atoms with Crippen molar-refractivity contribution in [1.29, 1.82) is 0 Å². The van der Waals surface area contributed by atoms with E-state index in [1.54, 1.807) is 6.07 Å². The van der Waals surface area contributed by atoms with Crippen molar-refractivity contribution in [2.75, 3.05) is 37.4 Å². The number of anilines is 3. The lowest BCUT2D eigenvalue weighted by atomic mass is 9.83. The molecule has 0 bridgehead atoms. The molecule has 0 saturated heterocycles. The average Bonchev–Trinajstić information content (AvgIpc) is 2.73. The van der Waals surface area contributed by atoms with Crippen molar-refractivity contribution in [1.82, 2.24) is 4.90 Å². The molecule has 7 heteroatoms. The van der Waals surface area contributed by atoms with Crippen LogP contribution in [0.5, 0.6) is 0 Å². The maximum absolute atomic E-state index is 12.2. The summed E-state index contributed by atoms with van der Waals surface area (Å²) >= 11 is 12.8. The van der Waals surface area contributed by atoms with E-state index in [0.29, 0.717) is 21.4 Å². The highest BCUT2D eigenvalue weighted by Crippen LogP contribution is 2.40. The monoisotopic (exact) mass is 471 g/mol. The van der Waals surface area contributed by atoms with Crippen LogP contribution in [0.1, 0.15) is 41.5 Å². The lowest BCUT2D eigenvalue weighted by Crippen LogP contribution is -2.40. The first kappa shape index (κ1) is 22.8. The van der Waals surface area contributed by atoms with Gasteiger partial charge >= 0.3 is 0 Å². The third-order valence-electron chi connectivity index (χ3n) is 6.23. The van der Waals surface area contributed by atoms with Gasteiger partial charge in [0, 0.05) is 48.3 Å². The number of hydrogen-bond donors (Lipinski definition) is 1. The zero-order valence-corrected chi connectivity index (χ0v) is 20.3. The molecule has 1 heterocycles. The number of halogens is 2. The molecule has 1 unspecified atom stereocenters. The summed E-state index contributed by atoms with van der Waals surface area (Å²) < 4.78 is 0. The Bertz CT molecular complexity index is 1250. The number of rotatable bonds is 6. The minimum absolute atomic E-state index is 0.145. The number of aryl methyl sites for hydroxylation is 1. The standard InChI is InChI=1S/C25H27Cl2N3O2/c1-5-8-30(4)23-22(24(31)25(23)32)28-16-6-7-17(14(2)9-16)19-12-29(3)13-20-18(19)10-15(26)11-21(20)27/h6-7,9-11,19,28H,5,8,12-13H2,1-4H3. The van der Waals surface area contributed by atoms with Crippen LogP contribution in [-0.4, -0.2) is 32.1 Å². The first-order chi connectivity index (χ1) is 15.2. The highest BCUT2D eigenvalue weighted by Gasteiger charge is 2.28. The number of hydrogen-bond acceptors (Lipinski definition) is 5. The Morgan fingerprint density at radius 2 is 1.88 bits per heavy atom. The molecule has 1 aliphatic rings. The normalized spacial score (nSPS) is 16.2. The highest BCUT2D eigenvalue weighted by molar-refractivity contribution is 6.35. The third-order valence-corrected chi connectivity index (χ3v) is 6.79. The van der Waals surface area contributed by atoms with Gasteiger partial charge in [0.25, 0.3) is 10.9 Å². The lowest BCUT2D eigenvalue weighted by Gasteiger charge is -2.34. The van der Waals surface area contributed by atoms with Crippen LogP contribution in [0.15, 0.2) is 39.9 Å². The molecule has 1 aliphatic heterocycles. The summed E-state index contributed by atoms with van der Waals surface area (Å²) in [5.41, 5.74) is 5.31. The zero-order chi connectivity index (χ0) is 23.2. The maximum atomic E-state index is 12.2. The summed E-state index contributed by atoms with van der Waals surface area (Å²) in [5, 5.41) is 4.52. The summed E-state index contributed by atoms with van der Waals surface area (Å²) in [4.78, 5) is 28.4. The Morgan fingerprint density at radius 1 is 1.12 bits per heavy atom. The van der Waals surface area contributed by atoms with Gasteiger partial charge < -0.3 is 15.1 Å². The van der Waals surface area contributed by atoms with E-state index in [-0.39, 0.29) is 5.92 Å². The van der Waals surface area contributed by atoms with Crippen LogP contribution in [0.4, 0.5) is 17.1 Å². The predicted molar refractivity (Wildman–Crippen MR) is 134 cm³/mol. The van der Waals surface area contributed by atoms with E-state index in [1.165, 1.54) is 5.56 Å². The van der Waals surface area contributed by atoms with Gasteiger partial charge in [0.05, 0.1) is 0 Å². The molecule has 3 aromatic carbocycles. The van der Waals surface area contributed by atoms with Crippen LogP contribution in [0.25, 0.3) is 0 Å². The fraction of sp³-hybridized carbons (Fsp3) is 0.360. The molecule has 0 saturated carbocycles. The summed E-state index contributed by atoms with van der Waals surface area (Å²) in [6.45, 7) is 6.48. The van der Waals surface area contributed by atoms with Crippen molar-refractivity contribution in [2.45, 2.75) is 32.7 Å². The topological polar surface area (TPSA) is 52.6 Å². The first-order valence-corrected chi connectivity index (χ1v) is 11.5. The minimum atomic E-state index is -0.461. The van der Waals surface area contributed by atoms with Gasteiger partial charge in [0.1, 0.15) is 11.4 Å². The van der Waals surface area contributed by atoms with Crippen molar-refractivity contribution >= 4 is 40.3 Å². The fourth-order valence-corrected chi connectivity index (χ4v) is 5.28. The third kappa shape index (κ3) is 4.05. The number of benzene rings is 2. The van der Waals surface area contributed by atoms with E-state index in [1.807, 2.05) is 37.1 Å². The van der Waals surface area contributed by atoms with Gasteiger partial charge in [0.2, 0.25) is 0 Å². The van der Waals surface area contributed by atoms with Gasteiger partial charge in [0.15, 0.2) is 0 Å².